The number of ether oxygens (including phenoxy) is 1. The van der Waals surface area contributed by atoms with Gasteiger partial charge in [-0.25, -0.2) is 9.37 Å². The minimum absolute atomic E-state index is 0.0284. The van der Waals surface area contributed by atoms with Gasteiger partial charge in [0.2, 0.25) is 5.91 Å². The van der Waals surface area contributed by atoms with Gasteiger partial charge in [-0.1, -0.05) is 18.2 Å². The first-order valence-electron chi connectivity index (χ1n) is 11.2. The summed E-state index contributed by atoms with van der Waals surface area (Å²) in [6.45, 7) is 3.05. The molecule has 0 unspecified atom stereocenters. The number of carbonyl (C=O) groups excluding carboxylic acids is 1. The van der Waals surface area contributed by atoms with Crippen molar-refractivity contribution in [1.29, 1.82) is 0 Å². The number of carbonyl (C=O) groups is 1. The summed E-state index contributed by atoms with van der Waals surface area (Å²) in [5.41, 5.74) is 2.05. The lowest BCUT2D eigenvalue weighted by atomic mass is 9.88. The molecule has 3 aromatic rings. The third kappa shape index (κ3) is 6.79. The van der Waals surface area contributed by atoms with Crippen LogP contribution in [0.4, 0.5) is 4.39 Å². The van der Waals surface area contributed by atoms with Gasteiger partial charge in [0.05, 0.1) is 18.9 Å². The molecular weight excluding hydrogens is 423 g/mol. The number of imidazole rings is 1. The molecule has 2 aromatic carbocycles. The second kappa shape index (κ2) is 11.0. The van der Waals surface area contributed by atoms with Gasteiger partial charge in [-0.2, -0.15) is 0 Å². The number of phenols is 1. The summed E-state index contributed by atoms with van der Waals surface area (Å²) in [4.78, 5) is 22.2. The van der Waals surface area contributed by atoms with E-state index in [2.05, 4.69) is 20.2 Å². The summed E-state index contributed by atoms with van der Waals surface area (Å²) in [6.07, 6.45) is 4.79. The fourth-order valence-corrected chi connectivity index (χ4v) is 4.26. The normalized spacial score (nSPS) is 18.7. The Kier molecular flexibility index (Phi) is 7.57. The van der Waals surface area contributed by atoms with Crippen LogP contribution in [0.5, 0.6) is 11.5 Å². The molecule has 0 radical (unpaired) electrons. The number of amides is 1. The van der Waals surface area contributed by atoms with Crippen molar-refractivity contribution in [2.75, 3.05) is 26.2 Å². The summed E-state index contributed by atoms with van der Waals surface area (Å²) in [5.74, 6) is 0.376. The first-order valence-corrected chi connectivity index (χ1v) is 11.2. The van der Waals surface area contributed by atoms with E-state index in [0.29, 0.717) is 44.8 Å². The molecule has 2 atom stereocenters. The van der Waals surface area contributed by atoms with Gasteiger partial charge in [-0.05, 0) is 36.2 Å². The number of aromatic nitrogens is 2. The van der Waals surface area contributed by atoms with Crippen LogP contribution in [-0.2, 0) is 17.8 Å². The molecule has 0 aliphatic carbocycles. The van der Waals surface area contributed by atoms with Gasteiger partial charge < -0.3 is 20.1 Å². The summed E-state index contributed by atoms with van der Waals surface area (Å²) >= 11 is 0. The molecule has 4 rings (SSSR count). The van der Waals surface area contributed by atoms with Crippen LogP contribution < -0.4 is 10.1 Å². The molecule has 174 valence electrons. The van der Waals surface area contributed by atoms with E-state index in [4.69, 9.17) is 4.74 Å². The Morgan fingerprint density at radius 2 is 2.09 bits per heavy atom. The number of phenolic OH excluding ortho intramolecular Hbond substituents is 1. The molecule has 1 saturated heterocycles. The zero-order valence-electron chi connectivity index (χ0n) is 18.4. The number of aromatic amines is 1. The van der Waals surface area contributed by atoms with Crippen molar-refractivity contribution in [1.82, 2.24) is 20.2 Å². The number of piperidine rings is 1. The third-order valence-electron chi connectivity index (χ3n) is 5.86. The van der Waals surface area contributed by atoms with E-state index in [1.807, 2.05) is 12.1 Å². The number of nitrogens with one attached hydrogen (secondary N) is 2. The Morgan fingerprint density at radius 3 is 2.85 bits per heavy atom. The van der Waals surface area contributed by atoms with E-state index < -0.39 is 0 Å². The number of benzene rings is 2. The van der Waals surface area contributed by atoms with Gasteiger partial charge in [0, 0.05) is 56.5 Å². The molecule has 0 bridgehead atoms. The fraction of sp³-hybridized carbons (Fsp3) is 0.360. The van der Waals surface area contributed by atoms with Crippen molar-refractivity contribution in [3.05, 3.63) is 78.1 Å². The van der Waals surface area contributed by atoms with E-state index in [1.54, 1.807) is 36.8 Å². The predicted molar refractivity (Wildman–Crippen MR) is 122 cm³/mol. The summed E-state index contributed by atoms with van der Waals surface area (Å²) in [7, 11) is 0. The van der Waals surface area contributed by atoms with Crippen LogP contribution >= 0.6 is 0 Å². The van der Waals surface area contributed by atoms with Crippen molar-refractivity contribution >= 4 is 5.91 Å². The number of nitrogens with zero attached hydrogens (tertiary/aromatic N) is 2. The van der Waals surface area contributed by atoms with Gasteiger partial charge in [0.1, 0.15) is 17.3 Å². The number of likely N-dealkylation sites (tertiary alicyclic amines) is 1. The van der Waals surface area contributed by atoms with Gasteiger partial charge in [-0.15, -0.1) is 0 Å². The van der Waals surface area contributed by atoms with E-state index in [1.165, 1.54) is 12.1 Å². The molecular formula is C25H29FN4O3. The van der Waals surface area contributed by atoms with Gasteiger partial charge >= 0.3 is 0 Å². The average molecular weight is 453 g/mol. The Hall–Kier alpha value is -3.39. The number of hydrogen-bond donors (Lipinski definition) is 3. The maximum absolute atomic E-state index is 13.5. The molecule has 1 aromatic heterocycles. The molecule has 3 N–H and O–H groups in total. The highest BCUT2D eigenvalue weighted by atomic mass is 19.1. The zero-order chi connectivity index (χ0) is 23.0. The van der Waals surface area contributed by atoms with Crippen LogP contribution in [-0.4, -0.2) is 52.1 Å². The van der Waals surface area contributed by atoms with E-state index in [0.717, 1.165) is 17.8 Å². The van der Waals surface area contributed by atoms with Crippen LogP contribution in [0.15, 0.2) is 61.1 Å². The lowest BCUT2D eigenvalue weighted by Gasteiger charge is -2.37. The first-order chi connectivity index (χ1) is 16.0. The Balaban J connectivity index is 1.38. The zero-order valence-corrected chi connectivity index (χ0v) is 18.4. The monoisotopic (exact) mass is 452 g/mol. The number of hydrogen-bond acceptors (Lipinski definition) is 5. The maximum Gasteiger partial charge on any atom is 0.224 e. The molecule has 7 nitrogen and oxygen atoms in total. The summed E-state index contributed by atoms with van der Waals surface area (Å²) in [5, 5.41) is 12.6. The molecule has 1 fully saturated rings. The maximum atomic E-state index is 13.5. The highest BCUT2D eigenvalue weighted by molar-refractivity contribution is 5.79. The Bertz CT molecular complexity index is 1030. The number of aromatic hydroxyl groups is 1. The van der Waals surface area contributed by atoms with Crippen LogP contribution in [0.2, 0.25) is 0 Å². The standard InChI is InChI=1S/C25H29FN4O3/c26-21-2-1-3-24(11-21)33-16-19-10-20(25(32)28-9-8-22-12-27-17-29-22)15-30(14-19)13-18-4-6-23(31)7-5-18/h1-7,11-12,17,19-20,31H,8-10,13-16H2,(H,27,29)(H,28,32)/t19-,20+/m0/s1. The lowest BCUT2D eigenvalue weighted by Crippen LogP contribution is -2.47. The molecule has 2 heterocycles. The van der Waals surface area contributed by atoms with Crippen molar-refractivity contribution in [2.45, 2.75) is 19.4 Å². The fourth-order valence-electron chi connectivity index (χ4n) is 4.26. The smallest absolute Gasteiger partial charge is 0.224 e. The van der Waals surface area contributed by atoms with E-state index in [-0.39, 0.29) is 29.3 Å². The molecule has 1 aliphatic rings. The molecule has 1 aliphatic heterocycles. The Labute approximate surface area is 192 Å². The molecule has 8 heteroatoms. The summed E-state index contributed by atoms with van der Waals surface area (Å²) in [6, 6.07) is 13.2. The van der Waals surface area contributed by atoms with Gasteiger partial charge in [-0.3, -0.25) is 9.69 Å². The summed E-state index contributed by atoms with van der Waals surface area (Å²) < 4.78 is 19.3. The molecule has 1 amide bonds. The lowest BCUT2D eigenvalue weighted by molar-refractivity contribution is -0.127. The minimum atomic E-state index is -0.334. The van der Waals surface area contributed by atoms with Crippen molar-refractivity contribution in [2.24, 2.45) is 11.8 Å². The molecule has 0 spiro atoms. The van der Waals surface area contributed by atoms with Crippen LogP contribution in [0.3, 0.4) is 0 Å². The second-order valence-electron chi connectivity index (χ2n) is 8.55. The first kappa shape index (κ1) is 22.8. The SMILES string of the molecule is O=C(NCCc1cnc[nH]1)[C@@H]1C[C@H](COc2cccc(F)c2)CN(Cc2ccc(O)cc2)C1. The van der Waals surface area contributed by atoms with Crippen LogP contribution in [0.1, 0.15) is 17.7 Å². The minimum Gasteiger partial charge on any atom is -0.508 e. The number of rotatable bonds is 9. The van der Waals surface area contributed by atoms with E-state index in [9.17, 15) is 14.3 Å². The largest absolute Gasteiger partial charge is 0.508 e. The third-order valence-corrected chi connectivity index (χ3v) is 5.86. The molecule has 33 heavy (non-hydrogen) atoms. The highest BCUT2D eigenvalue weighted by Gasteiger charge is 2.32. The quantitative estimate of drug-likeness (QED) is 0.464. The predicted octanol–water partition coefficient (Wildman–Crippen LogP) is 3.13. The molecule has 0 saturated carbocycles. The Morgan fingerprint density at radius 1 is 1.24 bits per heavy atom. The average Bonchev–Trinajstić information content (AvgIpc) is 3.33. The van der Waals surface area contributed by atoms with Gasteiger partial charge in [0.25, 0.3) is 0 Å². The number of halogens is 1. The van der Waals surface area contributed by atoms with Crippen molar-refractivity contribution in [3.63, 3.8) is 0 Å². The topological polar surface area (TPSA) is 90.5 Å². The number of H-pyrrole nitrogens is 1. The van der Waals surface area contributed by atoms with Crippen LogP contribution in [0, 0.1) is 17.7 Å². The van der Waals surface area contributed by atoms with Crippen LogP contribution in [0.25, 0.3) is 0 Å². The van der Waals surface area contributed by atoms with Crippen molar-refractivity contribution < 1.29 is 19.0 Å². The highest BCUT2D eigenvalue weighted by Crippen LogP contribution is 2.25. The second-order valence-corrected chi connectivity index (χ2v) is 8.55. The van der Waals surface area contributed by atoms with E-state index >= 15 is 0 Å². The van der Waals surface area contributed by atoms with Gasteiger partial charge in [0.15, 0.2) is 0 Å². The van der Waals surface area contributed by atoms with Crippen molar-refractivity contribution in [3.8, 4) is 11.5 Å².